The molecule has 0 bridgehead atoms. The van der Waals surface area contributed by atoms with Crippen molar-refractivity contribution < 1.29 is 0 Å². The van der Waals surface area contributed by atoms with Crippen LogP contribution in [0.1, 0.15) is 5.01 Å². The molecule has 0 aliphatic carbocycles. The molecule has 0 radical (unpaired) electrons. The van der Waals surface area contributed by atoms with Crippen molar-refractivity contribution in [2.45, 2.75) is 6.92 Å². The largest absolute Gasteiger partial charge is 0.152 e. The van der Waals surface area contributed by atoms with E-state index >= 15 is 0 Å². The lowest BCUT2D eigenvalue weighted by molar-refractivity contribution is 1.05. The van der Waals surface area contributed by atoms with Crippen molar-refractivity contribution in [2.24, 2.45) is 0 Å². The highest BCUT2D eigenvalue weighted by atomic mass is 32.1. The van der Waals surface area contributed by atoms with Crippen molar-refractivity contribution >= 4 is 22.7 Å². The molecular formula is C7H6N2S2. The number of hydrogen-bond donors (Lipinski definition) is 0. The van der Waals surface area contributed by atoms with Crippen LogP contribution in [-0.4, -0.2) is 10.2 Å². The van der Waals surface area contributed by atoms with Crippen LogP contribution in [-0.2, 0) is 0 Å². The Kier molecular flexibility index (Phi) is 1.71. The van der Waals surface area contributed by atoms with Crippen molar-refractivity contribution in [2.75, 3.05) is 0 Å². The summed E-state index contributed by atoms with van der Waals surface area (Å²) in [5.41, 5.74) is 1.18. The predicted molar refractivity (Wildman–Crippen MR) is 48.0 cm³/mol. The predicted octanol–water partition coefficient (Wildman–Crippen LogP) is 2.58. The molecule has 2 nitrogen and oxygen atoms in total. The van der Waals surface area contributed by atoms with E-state index in [0.717, 1.165) is 10.0 Å². The maximum absolute atomic E-state index is 4.03. The van der Waals surface area contributed by atoms with Gasteiger partial charge in [0, 0.05) is 10.9 Å². The molecule has 0 fully saturated rings. The molecule has 2 aromatic heterocycles. The summed E-state index contributed by atoms with van der Waals surface area (Å²) in [5, 5.41) is 14.1. The van der Waals surface area contributed by atoms with Crippen molar-refractivity contribution in [1.82, 2.24) is 10.2 Å². The maximum Gasteiger partial charge on any atom is 0.148 e. The van der Waals surface area contributed by atoms with Crippen molar-refractivity contribution in [3.8, 4) is 10.6 Å². The van der Waals surface area contributed by atoms with Crippen LogP contribution in [0.25, 0.3) is 10.6 Å². The Morgan fingerprint density at radius 3 is 2.82 bits per heavy atom. The van der Waals surface area contributed by atoms with Gasteiger partial charge in [-0.2, -0.15) is 11.3 Å². The van der Waals surface area contributed by atoms with Crippen LogP contribution < -0.4 is 0 Å². The van der Waals surface area contributed by atoms with E-state index in [-0.39, 0.29) is 0 Å². The summed E-state index contributed by atoms with van der Waals surface area (Å²) < 4.78 is 0. The molecule has 2 rings (SSSR count). The normalized spacial score (nSPS) is 10.3. The van der Waals surface area contributed by atoms with Gasteiger partial charge in [-0.1, -0.05) is 11.3 Å². The van der Waals surface area contributed by atoms with Crippen LogP contribution in [0, 0.1) is 6.92 Å². The molecule has 0 N–H and O–H groups in total. The molecule has 2 heterocycles. The second-order valence-electron chi connectivity index (χ2n) is 2.14. The van der Waals surface area contributed by atoms with E-state index in [0.29, 0.717) is 0 Å². The third kappa shape index (κ3) is 1.32. The Balaban J connectivity index is 2.45. The molecule has 56 valence electrons. The third-order valence-corrected chi connectivity index (χ3v) is 2.87. The third-order valence-electron chi connectivity index (χ3n) is 1.29. The van der Waals surface area contributed by atoms with E-state index in [1.807, 2.05) is 12.3 Å². The van der Waals surface area contributed by atoms with Gasteiger partial charge in [0.25, 0.3) is 0 Å². The van der Waals surface area contributed by atoms with Gasteiger partial charge in [0.15, 0.2) is 0 Å². The topological polar surface area (TPSA) is 25.8 Å². The van der Waals surface area contributed by atoms with Crippen LogP contribution >= 0.6 is 22.7 Å². The molecule has 0 aliphatic rings. The number of hydrogen-bond acceptors (Lipinski definition) is 4. The minimum Gasteiger partial charge on any atom is -0.152 e. The standard InChI is InChI=1S/C7H6N2S2/c1-5-8-9-7(11-5)6-2-3-10-4-6/h2-4H,1H3. The summed E-state index contributed by atoms with van der Waals surface area (Å²) in [5.74, 6) is 0. The minimum absolute atomic E-state index is 1.02. The number of nitrogens with zero attached hydrogens (tertiary/aromatic N) is 2. The first-order valence-corrected chi connectivity index (χ1v) is 4.95. The van der Waals surface area contributed by atoms with Crippen LogP contribution in [0.2, 0.25) is 0 Å². The van der Waals surface area contributed by atoms with Gasteiger partial charge in [-0.15, -0.1) is 10.2 Å². The summed E-state index contributed by atoms with van der Waals surface area (Å²) in [7, 11) is 0. The molecule has 0 aromatic carbocycles. The molecule has 0 saturated heterocycles. The first-order valence-electron chi connectivity index (χ1n) is 3.19. The molecule has 0 unspecified atom stereocenters. The number of thiophene rings is 1. The van der Waals surface area contributed by atoms with Crippen LogP contribution in [0.3, 0.4) is 0 Å². The Bertz CT molecular complexity index is 337. The zero-order valence-electron chi connectivity index (χ0n) is 5.94. The average molecular weight is 182 g/mol. The van der Waals surface area contributed by atoms with Crippen molar-refractivity contribution in [1.29, 1.82) is 0 Å². The lowest BCUT2D eigenvalue weighted by atomic mass is 10.4. The highest BCUT2D eigenvalue weighted by Gasteiger charge is 2.02. The summed E-state index contributed by atoms with van der Waals surface area (Å²) >= 11 is 3.31. The first-order chi connectivity index (χ1) is 5.36. The van der Waals surface area contributed by atoms with E-state index in [2.05, 4.69) is 21.6 Å². The van der Waals surface area contributed by atoms with E-state index in [9.17, 15) is 0 Å². The second-order valence-corrected chi connectivity index (χ2v) is 4.10. The quantitative estimate of drug-likeness (QED) is 0.677. The zero-order chi connectivity index (χ0) is 7.68. The minimum atomic E-state index is 1.02. The van der Waals surface area contributed by atoms with Crippen LogP contribution in [0.4, 0.5) is 0 Å². The summed E-state index contributed by atoms with van der Waals surface area (Å²) in [6.07, 6.45) is 0. The second kappa shape index (κ2) is 2.71. The molecule has 0 saturated carbocycles. The highest BCUT2D eigenvalue weighted by molar-refractivity contribution is 7.15. The molecule has 0 atom stereocenters. The fraction of sp³-hybridized carbons (Fsp3) is 0.143. The van der Waals surface area contributed by atoms with E-state index in [1.165, 1.54) is 5.56 Å². The van der Waals surface area contributed by atoms with Gasteiger partial charge in [-0.3, -0.25) is 0 Å². The Hall–Kier alpha value is -0.740. The molecule has 2 aromatic rings. The van der Waals surface area contributed by atoms with Crippen molar-refractivity contribution in [3.05, 3.63) is 21.8 Å². The SMILES string of the molecule is Cc1nnc(-c2ccsc2)s1. The zero-order valence-corrected chi connectivity index (χ0v) is 7.58. The average Bonchev–Trinajstić information content (AvgIpc) is 2.55. The molecule has 11 heavy (non-hydrogen) atoms. The maximum atomic E-state index is 4.03. The number of aryl methyl sites for hydroxylation is 1. The van der Waals surface area contributed by atoms with Gasteiger partial charge in [0.2, 0.25) is 0 Å². The van der Waals surface area contributed by atoms with E-state index < -0.39 is 0 Å². The number of aromatic nitrogens is 2. The lowest BCUT2D eigenvalue weighted by Gasteiger charge is -1.82. The van der Waals surface area contributed by atoms with Crippen LogP contribution in [0.15, 0.2) is 16.8 Å². The summed E-state index contributed by atoms with van der Waals surface area (Å²) in [6, 6.07) is 2.06. The Morgan fingerprint density at radius 2 is 2.27 bits per heavy atom. The molecule has 4 heteroatoms. The lowest BCUT2D eigenvalue weighted by Crippen LogP contribution is -1.71. The molecular weight excluding hydrogens is 176 g/mol. The highest BCUT2D eigenvalue weighted by Crippen LogP contribution is 2.24. The van der Waals surface area contributed by atoms with Gasteiger partial charge < -0.3 is 0 Å². The van der Waals surface area contributed by atoms with Crippen molar-refractivity contribution in [3.63, 3.8) is 0 Å². The Morgan fingerprint density at radius 1 is 1.36 bits per heavy atom. The summed E-state index contributed by atoms with van der Waals surface area (Å²) in [4.78, 5) is 0. The van der Waals surface area contributed by atoms with Gasteiger partial charge in [0.1, 0.15) is 10.0 Å². The fourth-order valence-corrected chi connectivity index (χ4v) is 2.20. The smallest absolute Gasteiger partial charge is 0.148 e. The van der Waals surface area contributed by atoms with E-state index in [1.54, 1.807) is 22.7 Å². The molecule has 0 aliphatic heterocycles. The Labute approximate surface area is 72.5 Å². The fourth-order valence-electron chi connectivity index (χ4n) is 0.799. The molecule has 0 spiro atoms. The monoisotopic (exact) mass is 182 g/mol. The van der Waals surface area contributed by atoms with Crippen LogP contribution in [0.5, 0.6) is 0 Å². The van der Waals surface area contributed by atoms with Gasteiger partial charge >= 0.3 is 0 Å². The summed E-state index contributed by atoms with van der Waals surface area (Å²) in [6.45, 7) is 1.97. The van der Waals surface area contributed by atoms with E-state index in [4.69, 9.17) is 0 Å². The number of rotatable bonds is 1. The molecule has 0 amide bonds. The first kappa shape index (κ1) is 6.94. The van der Waals surface area contributed by atoms with Gasteiger partial charge in [-0.05, 0) is 18.4 Å². The van der Waals surface area contributed by atoms with Gasteiger partial charge in [-0.25, -0.2) is 0 Å². The van der Waals surface area contributed by atoms with Gasteiger partial charge in [0.05, 0.1) is 0 Å².